The quantitative estimate of drug-likeness (QED) is 0.206. The Morgan fingerprint density at radius 1 is 0.812 bits per heavy atom. The number of rotatable bonds is 2. The molecule has 0 unspecified atom stereocenters. The van der Waals surface area contributed by atoms with E-state index in [1.165, 1.54) is 0 Å². The summed E-state index contributed by atoms with van der Waals surface area (Å²) in [6, 6.07) is 0. The summed E-state index contributed by atoms with van der Waals surface area (Å²) in [6.45, 7) is 0. The first kappa shape index (κ1) is 23.0. The fourth-order valence-corrected chi connectivity index (χ4v) is 1.56. The van der Waals surface area contributed by atoms with Crippen molar-refractivity contribution < 1.29 is 93.3 Å². The van der Waals surface area contributed by atoms with Crippen LogP contribution in [0.5, 0.6) is 0 Å². The average Bonchev–Trinajstić information content (AvgIpc) is 2.02. The molecule has 10 nitrogen and oxygen atoms in total. The zero-order chi connectivity index (χ0) is 14.0. The molecule has 0 aromatic heterocycles. The number of hydrogen-bond donors (Lipinski definition) is 0. The van der Waals surface area contributed by atoms with Gasteiger partial charge in [-0.2, -0.15) is 0 Å². The van der Waals surface area contributed by atoms with Gasteiger partial charge in [-0.1, -0.05) is 0 Å². The predicted octanol–water partition coefficient (Wildman–Crippen LogP) is -3.14. The molecule has 0 spiro atoms. The Kier molecular flexibility index (Phi) is 17.2. The molecule has 0 atom stereocenters. The summed E-state index contributed by atoms with van der Waals surface area (Å²) in [5.74, 6) is 0. The maximum atomic E-state index is 9.75. The van der Waals surface area contributed by atoms with E-state index in [0.29, 0.717) is 0 Å². The van der Waals surface area contributed by atoms with Crippen molar-refractivity contribution in [3.8, 4) is 0 Å². The molecule has 15 heteroatoms. The van der Waals surface area contributed by atoms with Crippen LogP contribution in [0.2, 0.25) is 0 Å². The number of halogens is 1. The van der Waals surface area contributed by atoms with Crippen molar-refractivity contribution >= 4 is 26.8 Å². The first-order valence-electron chi connectivity index (χ1n) is 2.65. The minimum absolute atomic E-state index is 2.51. The molecule has 0 aliphatic rings. The average molecular weight is 746 g/mol. The van der Waals surface area contributed by atoms with Crippen LogP contribution in [0.3, 0.4) is 0 Å². The van der Waals surface area contributed by atoms with E-state index in [1.807, 2.05) is 0 Å². The molecule has 16 heavy (non-hydrogen) atoms. The molecule has 0 aromatic rings. The van der Waals surface area contributed by atoms with Crippen molar-refractivity contribution in [2.75, 3.05) is 0 Å². The van der Waals surface area contributed by atoms with Gasteiger partial charge in [0.15, 0.2) is 0 Å². The van der Waals surface area contributed by atoms with E-state index in [2.05, 4.69) is 11.6 Å². The molecule has 0 radical (unpaired) electrons. The number of alkyl halides is 1. The van der Waals surface area contributed by atoms with Crippen LogP contribution >= 0.6 is 26.8 Å². The zero-order valence-electron chi connectivity index (χ0n) is 6.93. The van der Waals surface area contributed by atoms with Crippen LogP contribution in [0, 0.1) is 55.6 Å². The van der Waals surface area contributed by atoms with E-state index in [0.717, 1.165) is 0 Å². The Labute approximate surface area is 123 Å². The summed E-state index contributed by atoms with van der Waals surface area (Å²) in [6.07, 6.45) is 0. The third-order valence-corrected chi connectivity index (χ3v) is 4.70. The molecular formula is CHClO10P2U2. The molecule has 90 valence electrons. The zero-order valence-corrected chi connectivity index (χ0v) is 17.8. The van der Waals surface area contributed by atoms with Crippen molar-refractivity contribution in [2.45, 2.75) is 4.86 Å². The topological polar surface area (TPSA) is 195 Å². The fourth-order valence-electron chi connectivity index (χ4n) is 0.173. The predicted molar refractivity (Wildman–Crippen MR) is 27.6 cm³/mol. The van der Waals surface area contributed by atoms with Gasteiger partial charge in [-0.05, 0) is 15.2 Å². The van der Waals surface area contributed by atoms with Crippen LogP contribution in [-0.4, -0.2) is 4.86 Å². The molecule has 0 heterocycles. The minimum atomic E-state index is -5.50. The molecule has 0 saturated carbocycles. The SMILES string of the molecule is O=P([O-])([O-])C(Cl)P(=O)([O-])[O-].[O]=[U+2]=[O].[O]=[U+2]=[O]. The summed E-state index contributed by atoms with van der Waals surface area (Å²) in [5.41, 5.74) is 0. The molecule has 0 saturated heterocycles. The van der Waals surface area contributed by atoms with Crippen molar-refractivity contribution in [2.24, 2.45) is 0 Å². The van der Waals surface area contributed by atoms with Gasteiger partial charge in [0.05, 0.1) is 4.86 Å². The molecule has 0 fully saturated rings. The summed E-state index contributed by atoms with van der Waals surface area (Å²) < 4.78 is 53.8. The Morgan fingerprint density at radius 3 is 0.938 bits per heavy atom. The van der Waals surface area contributed by atoms with Crippen LogP contribution < -0.4 is 19.6 Å². The molecule has 0 aliphatic carbocycles. The van der Waals surface area contributed by atoms with Crippen molar-refractivity contribution in [3.05, 3.63) is 0 Å². The van der Waals surface area contributed by atoms with E-state index in [4.69, 9.17) is 8.94 Å². The van der Waals surface area contributed by atoms with E-state index in [1.54, 1.807) is 0 Å². The fraction of sp³-hybridized carbons (Fsp3) is 1.00. The third kappa shape index (κ3) is 18.3. The number of hydrogen-bond acceptors (Lipinski definition) is 10. The molecular weight excluding hydrogens is 745 g/mol. The van der Waals surface area contributed by atoms with E-state index < -0.39 is 75.7 Å². The van der Waals surface area contributed by atoms with Crippen LogP contribution in [0.25, 0.3) is 0 Å². The maximum absolute atomic E-state index is 9.75. The Balaban J connectivity index is -0.000000235. The van der Waals surface area contributed by atoms with Gasteiger partial charge in [0.1, 0.15) is 0 Å². The first-order valence-corrected chi connectivity index (χ1v) is 13.1. The van der Waals surface area contributed by atoms with Crippen molar-refractivity contribution in [1.82, 2.24) is 0 Å². The van der Waals surface area contributed by atoms with Gasteiger partial charge in [-0.3, -0.25) is 0 Å². The van der Waals surface area contributed by atoms with Crippen molar-refractivity contribution in [3.63, 3.8) is 0 Å². The van der Waals surface area contributed by atoms with Gasteiger partial charge in [-0.15, -0.1) is 11.6 Å². The Hall–Kier alpha value is 1.89. The van der Waals surface area contributed by atoms with Gasteiger partial charge in [0, 0.05) is 0 Å². The van der Waals surface area contributed by atoms with E-state index >= 15 is 0 Å². The second-order valence-electron chi connectivity index (χ2n) is 1.56. The Bertz CT molecular complexity index is 308. The van der Waals surface area contributed by atoms with Gasteiger partial charge in [0.2, 0.25) is 0 Å². The summed E-state index contributed by atoms with van der Waals surface area (Å²) >= 11 is -0.553. The molecule has 0 amide bonds. The molecule has 0 rings (SSSR count). The summed E-state index contributed by atoms with van der Waals surface area (Å²) in [4.78, 5) is 36.1. The second-order valence-corrected chi connectivity index (χ2v) is 7.59. The van der Waals surface area contributed by atoms with Crippen LogP contribution in [-0.2, 0) is 18.1 Å². The van der Waals surface area contributed by atoms with Crippen LogP contribution in [0.4, 0.5) is 0 Å². The molecule has 0 aromatic carbocycles. The van der Waals surface area contributed by atoms with Crippen molar-refractivity contribution in [1.29, 1.82) is 0 Å². The summed E-state index contributed by atoms with van der Waals surface area (Å²) in [5, 5.41) is 0. The molecule has 0 bridgehead atoms. The molecule has 0 N–H and O–H groups in total. The van der Waals surface area contributed by atoms with Gasteiger partial charge in [0.25, 0.3) is 0 Å². The van der Waals surface area contributed by atoms with E-state index in [9.17, 15) is 28.7 Å². The normalized spacial score (nSPS) is 9.88. The summed E-state index contributed by atoms with van der Waals surface area (Å²) in [7, 11) is -11.0. The first-order chi connectivity index (χ1) is 6.98. The van der Waals surface area contributed by atoms with Gasteiger partial charge < -0.3 is 28.7 Å². The van der Waals surface area contributed by atoms with E-state index in [-0.39, 0.29) is 0 Å². The second kappa shape index (κ2) is 12.0. The Morgan fingerprint density at radius 2 is 0.938 bits per heavy atom. The third-order valence-electron chi connectivity index (χ3n) is 0.522. The monoisotopic (exact) mass is 746 g/mol. The van der Waals surface area contributed by atoms with Gasteiger partial charge in [-0.25, -0.2) is 0 Å². The van der Waals surface area contributed by atoms with Crippen LogP contribution in [0.15, 0.2) is 0 Å². The molecule has 0 aliphatic heterocycles. The van der Waals surface area contributed by atoms with Crippen LogP contribution in [0.1, 0.15) is 0 Å². The van der Waals surface area contributed by atoms with Gasteiger partial charge >= 0.3 is 64.6 Å². The standard InChI is InChI=1S/CH5ClO6P2.4O.2U/c2-1(9(3,4)5)10(6,7)8;;;;;;/h1H,(H2,3,4,5)(H2,6,7,8);;;;;;/q;;;;;2*+2/p-4.